The summed E-state index contributed by atoms with van der Waals surface area (Å²) in [6, 6.07) is 23.9. The molecule has 0 N–H and O–H groups in total. The number of piperazine rings is 1. The first-order valence-corrected chi connectivity index (χ1v) is 9.97. The zero-order valence-corrected chi connectivity index (χ0v) is 16.9. The van der Waals surface area contributed by atoms with Gasteiger partial charge in [0.1, 0.15) is 17.4 Å². The average molecular weight is 397 g/mol. The highest BCUT2D eigenvalue weighted by Crippen LogP contribution is 2.23. The summed E-state index contributed by atoms with van der Waals surface area (Å²) < 4.78 is 5.21. The quantitative estimate of drug-likeness (QED) is 0.491. The van der Waals surface area contributed by atoms with Crippen molar-refractivity contribution in [3.63, 3.8) is 0 Å². The topological polar surface area (TPSA) is 56.6 Å². The van der Waals surface area contributed by atoms with Crippen molar-refractivity contribution in [1.82, 2.24) is 4.90 Å². The van der Waals surface area contributed by atoms with E-state index in [1.54, 1.807) is 18.1 Å². The predicted molar refractivity (Wildman–Crippen MR) is 119 cm³/mol. The van der Waals surface area contributed by atoms with Crippen LogP contribution in [-0.4, -0.2) is 44.1 Å². The number of rotatable bonds is 4. The van der Waals surface area contributed by atoms with Crippen molar-refractivity contribution in [2.24, 2.45) is 0 Å². The first-order chi connectivity index (χ1) is 14.7. The van der Waals surface area contributed by atoms with Crippen LogP contribution in [-0.2, 0) is 4.79 Å². The first-order valence-electron chi connectivity index (χ1n) is 9.97. The summed E-state index contributed by atoms with van der Waals surface area (Å²) in [7, 11) is 1.65. The van der Waals surface area contributed by atoms with Crippen molar-refractivity contribution in [3.8, 4) is 11.8 Å². The predicted octanol–water partition coefficient (Wildman–Crippen LogP) is 4.10. The number of carbonyl (C=O) groups excluding carboxylic acids is 1. The number of ether oxygens (including phenoxy) is 1. The number of methoxy groups -OCH3 is 1. The highest BCUT2D eigenvalue weighted by molar-refractivity contribution is 6.04. The third-order valence-corrected chi connectivity index (χ3v) is 5.48. The van der Waals surface area contributed by atoms with Gasteiger partial charge >= 0.3 is 0 Å². The Hall–Kier alpha value is -3.78. The van der Waals surface area contributed by atoms with Crippen LogP contribution < -0.4 is 9.64 Å². The number of nitriles is 1. The standard InChI is InChI=1S/C25H23N3O2/c1-30-23-11-9-22(10-12-23)27-13-15-28(16-14-27)25(29)21(18-26)17-20-7-4-6-19-5-2-3-8-24(19)20/h2-12,17H,13-16H2,1H3/b21-17+. The van der Waals surface area contributed by atoms with Crippen molar-refractivity contribution in [1.29, 1.82) is 5.26 Å². The summed E-state index contributed by atoms with van der Waals surface area (Å²) in [5.41, 5.74) is 2.16. The Morgan fingerprint density at radius 2 is 1.67 bits per heavy atom. The molecule has 5 nitrogen and oxygen atoms in total. The fourth-order valence-corrected chi connectivity index (χ4v) is 3.80. The van der Waals surface area contributed by atoms with E-state index in [2.05, 4.69) is 11.0 Å². The van der Waals surface area contributed by atoms with Gasteiger partial charge in [-0.15, -0.1) is 0 Å². The maximum absolute atomic E-state index is 13.0. The maximum Gasteiger partial charge on any atom is 0.264 e. The minimum Gasteiger partial charge on any atom is -0.497 e. The van der Waals surface area contributed by atoms with Crippen LogP contribution in [0.3, 0.4) is 0 Å². The zero-order valence-electron chi connectivity index (χ0n) is 16.9. The third kappa shape index (κ3) is 3.99. The zero-order chi connectivity index (χ0) is 20.9. The lowest BCUT2D eigenvalue weighted by molar-refractivity contribution is -0.126. The van der Waals surface area contributed by atoms with Gasteiger partial charge in [-0.3, -0.25) is 4.79 Å². The van der Waals surface area contributed by atoms with Crippen LogP contribution in [0.25, 0.3) is 16.8 Å². The Morgan fingerprint density at radius 1 is 0.967 bits per heavy atom. The molecule has 5 heteroatoms. The van der Waals surface area contributed by atoms with E-state index in [-0.39, 0.29) is 11.5 Å². The van der Waals surface area contributed by atoms with Gasteiger partial charge < -0.3 is 14.5 Å². The summed E-state index contributed by atoms with van der Waals surface area (Å²) in [6.45, 7) is 2.62. The molecule has 1 heterocycles. The molecule has 150 valence electrons. The van der Waals surface area contributed by atoms with Gasteiger partial charge in [-0.25, -0.2) is 0 Å². The molecular formula is C25H23N3O2. The maximum atomic E-state index is 13.0. The first kappa shape index (κ1) is 19.5. The van der Waals surface area contributed by atoms with Gasteiger partial charge in [0.05, 0.1) is 7.11 Å². The fourth-order valence-electron chi connectivity index (χ4n) is 3.80. The molecule has 0 unspecified atom stereocenters. The number of amides is 1. The SMILES string of the molecule is COc1ccc(N2CCN(C(=O)/C(C#N)=C/c3cccc4ccccc34)CC2)cc1. The number of benzene rings is 3. The summed E-state index contributed by atoms with van der Waals surface area (Å²) in [5.74, 6) is 0.615. The highest BCUT2D eigenvalue weighted by Gasteiger charge is 2.24. The van der Waals surface area contributed by atoms with E-state index in [9.17, 15) is 10.1 Å². The second-order valence-electron chi connectivity index (χ2n) is 7.22. The molecule has 30 heavy (non-hydrogen) atoms. The lowest BCUT2D eigenvalue weighted by atomic mass is 10.0. The molecule has 1 aliphatic heterocycles. The minimum absolute atomic E-state index is 0.171. The van der Waals surface area contributed by atoms with Gasteiger partial charge in [0.25, 0.3) is 5.91 Å². The van der Waals surface area contributed by atoms with E-state index in [0.717, 1.165) is 40.9 Å². The largest absolute Gasteiger partial charge is 0.497 e. The van der Waals surface area contributed by atoms with E-state index in [4.69, 9.17) is 4.74 Å². The van der Waals surface area contributed by atoms with Crippen molar-refractivity contribution in [2.75, 3.05) is 38.2 Å². The molecule has 0 radical (unpaired) electrons. The number of hydrogen-bond acceptors (Lipinski definition) is 4. The summed E-state index contributed by atoms with van der Waals surface area (Å²) in [4.78, 5) is 17.0. The van der Waals surface area contributed by atoms with Crippen molar-refractivity contribution in [3.05, 3.63) is 77.9 Å². The van der Waals surface area contributed by atoms with E-state index < -0.39 is 0 Å². The van der Waals surface area contributed by atoms with Crippen LogP contribution in [0.2, 0.25) is 0 Å². The molecule has 0 aliphatic carbocycles. The lowest BCUT2D eigenvalue weighted by Gasteiger charge is -2.36. The molecule has 0 spiro atoms. The molecule has 1 aliphatic rings. The number of anilines is 1. The van der Waals surface area contributed by atoms with Crippen LogP contribution in [0.1, 0.15) is 5.56 Å². The molecule has 4 rings (SSSR count). The summed E-state index contributed by atoms with van der Waals surface area (Å²) in [5, 5.41) is 11.8. The molecule has 3 aromatic rings. The molecule has 1 amide bonds. The smallest absolute Gasteiger partial charge is 0.264 e. The highest BCUT2D eigenvalue weighted by atomic mass is 16.5. The average Bonchev–Trinajstić information content (AvgIpc) is 2.82. The van der Waals surface area contributed by atoms with E-state index >= 15 is 0 Å². The van der Waals surface area contributed by atoms with Gasteiger partial charge in [-0.05, 0) is 46.7 Å². The minimum atomic E-state index is -0.209. The number of carbonyl (C=O) groups is 1. The van der Waals surface area contributed by atoms with E-state index in [0.29, 0.717) is 13.1 Å². The summed E-state index contributed by atoms with van der Waals surface area (Å²) >= 11 is 0. The second-order valence-corrected chi connectivity index (χ2v) is 7.22. The number of hydrogen-bond donors (Lipinski definition) is 0. The van der Waals surface area contributed by atoms with Crippen molar-refractivity contribution < 1.29 is 9.53 Å². The molecule has 0 atom stereocenters. The molecule has 3 aromatic carbocycles. The Morgan fingerprint density at radius 3 is 2.37 bits per heavy atom. The Labute approximate surface area is 176 Å². The molecule has 0 saturated carbocycles. The van der Waals surface area contributed by atoms with E-state index in [1.165, 1.54) is 0 Å². The summed E-state index contributed by atoms with van der Waals surface area (Å²) in [6.07, 6.45) is 1.71. The Balaban J connectivity index is 1.48. The third-order valence-electron chi connectivity index (χ3n) is 5.48. The van der Waals surface area contributed by atoms with Gasteiger partial charge in [-0.1, -0.05) is 42.5 Å². The molecule has 1 saturated heterocycles. The van der Waals surface area contributed by atoms with Gasteiger partial charge in [0.15, 0.2) is 0 Å². The Kier molecular flexibility index (Phi) is 5.67. The Bertz CT molecular complexity index is 1120. The second kappa shape index (κ2) is 8.71. The molecule has 0 aromatic heterocycles. The van der Waals surface area contributed by atoms with Crippen molar-refractivity contribution in [2.45, 2.75) is 0 Å². The van der Waals surface area contributed by atoms with Gasteiger partial charge in [0, 0.05) is 31.9 Å². The normalized spacial score (nSPS) is 14.5. The van der Waals surface area contributed by atoms with Crippen LogP contribution in [0.15, 0.2) is 72.3 Å². The van der Waals surface area contributed by atoms with Crippen molar-refractivity contribution >= 4 is 28.4 Å². The van der Waals surface area contributed by atoms with Crippen LogP contribution in [0, 0.1) is 11.3 Å². The fraction of sp³-hybridized carbons (Fsp3) is 0.200. The van der Waals surface area contributed by atoms with Gasteiger partial charge in [-0.2, -0.15) is 5.26 Å². The monoisotopic (exact) mass is 397 g/mol. The lowest BCUT2D eigenvalue weighted by Crippen LogP contribution is -2.49. The number of fused-ring (bicyclic) bond motifs is 1. The molecule has 1 fully saturated rings. The number of nitrogens with zero attached hydrogens (tertiary/aromatic N) is 3. The van der Waals surface area contributed by atoms with Crippen LogP contribution in [0.4, 0.5) is 5.69 Å². The van der Waals surface area contributed by atoms with Gasteiger partial charge in [0.2, 0.25) is 0 Å². The van der Waals surface area contributed by atoms with E-state index in [1.807, 2.05) is 66.7 Å². The van der Waals surface area contributed by atoms with Crippen LogP contribution >= 0.6 is 0 Å². The molecular weight excluding hydrogens is 374 g/mol. The molecule has 0 bridgehead atoms. The van der Waals surface area contributed by atoms with Crippen LogP contribution in [0.5, 0.6) is 5.75 Å².